The summed E-state index contributed by atoms with van der Waals surface area (Å²) in [7, 11) is 0. The second-order valence-corrected chi connectivity index (χ2v) is 4.73. The number of hydrogen-bond acceptors (Lipinski definition) is 3. The Hall–Kier alpha value is -1.94. The van der Waals surface area contributed by atoms with E-state index in [2.05, 4.69) is 22.0 Å². The van der Waals surface area contributed by atoms with Crippen LogP contribution in [0.15, 0.2) is 36.5 Å². The van der Waals surface area contributed by atoms with E-state index < -0.39 is 5.82 Å². The van der Waals surface area contributed by atoms with Crippen molar-refractivity contribution in [2.24, 2.45) is 0 Å². The zero-order chi connectivity index (χ0) is 13.2. The third kappa shape index (κ3) is 2.31. The molecule has 19 heavy (non-hydrogen) atoms. The van der Waals surface area contributed by atoms with Gasteiger partial charge in [-0.3, -0.25) is 0 Å². The predicted octanol–water partition coefficient (Wildman–Crippen LogP) is 2.28. The summed E-state index contributed by atoms with van der Waals surface area (Å²) in [5, 5.41) is 9.34. The molecule has 1 aliphatic heterocycles. The smallest absolute Gasteiger partial charge is 0.142 e. The van der Waals surface area contributed by atoms with Gasteiger partial charge in [0, 0.05) is 18.7 Å². The van der Waals surface area contributed by atoms with E-state index in [4.69, 9.17) is 0 Å². The number of fused-ring (bicyclic) bond motifs is 1. The number of pyridine rings is 1. The van der Waals surface area contributed by atoms with Crippen LogP contribution < -0.4 is 4.90 Å². The van der Waals surface area contributed by atoms with Gasteiger partial charge in [0.15, 0.2) is 0 Å². The largest absolute Gasteiger partial charge is 0.392 e. The Balaban J connectivity index is 1.93. The molecule has 0 aliphatic carbocycles. The zero-order valence-electron chi connectivity index (χ0n) is 10.5. The first-order valence-electron chi connectivity index (χ1n) is 6.35. The van der Waals surface area contributed by atoms with Gasteiger partial charge < -0.3 is 10.0 Å². The summed E-state index contributed by atoms with van der Waals surface area (Å²) in [6.07, 6.45) is 2.15. The van der Waals surface area contributed by atoms with Crippen molar-refractivity contribution in [1.29, 1.82) is 0 Å². The monoisotopic (exact) mass is 258 g/mol. The quantitative estimate of drug-likeness (QED) is 0.897. The Morgan fingerprint density at radius 3 is 2.84 bits per heavy atom. The molecule has 0 saturated carbocycles. The summed E-state index contributed by atoms with van der Waals surface area (Å²) < 4.78 is 13.1. The van der Waals surface area contributed by atoms with E-state index in [1.807, 2.05) is 12.1 Å². The Kier molecular flexibility index (Phi) is 3.17. The van der Waals surface area contributed by atoms with E-state index in [0.29, 0.717) is 11.4 Å². The molecule has 1 aliphatic rings. The van der Waals surface area contributed by atoms with Crippen molar-refractivity contribution in [3.05, 3.63) is 59.0 Å². The van der Waals surface area contributed by atoms with E-state index >= 15 is 0 Å². The highest BCUT2D eigenvalue weighted by atomic mass is 19.1. The average molecular weight is 258 g/mol. The number of aliphatic hydroxyl groups is 1. The molecular weight excluding hydrogens is 243 g/mol. The molecule has 0 spiro atoms. The van der Waals surface area contributed by atoms with Gasteiger partial charge in [0.1, 0.15) is 11.6 Å². The Labute approximate surface area is 111 Å². The highest BCUT2D eigenvalue weighted by Gasteiger charge is 2.19. The molecule has 1 aromatic carbocycles. The third-order valence-corrected chi connectivity index (χ3v) is 3.51. The van der Waals surface area contributed by atoms with Crippen LogP contribution in [-0.4, -0.2) is 16.6 Å². The number of benzene rings is 1. The van der Waals surface area contributed by atoms with Crippen molar-refractivity contribution >= 4 is 5.82 Å². The number of nitrogens with zero attached hydrogens (tertiary/aromatic N) is 2. The highest BCUT2D eigenvalue weighted by Crippen LogP contribution is 2.25. The van der Waals surface area contributed by atoms with Gasteiger partial charge in [-0.25, -0.2) is 9.37 Å². The SMILES string of the molecule is OCc1cc(F)cnc1N1CCc2ccccc2C1. The maximum atomic E-state index is 13.1. The molecule has 3 rings (SSSR count). The Bertz CT molecular complexity index is 600. The van der Waals surface area contributed by atoms with Crippen LogP contribution >= 0.6 is 0 Å². The summed E-state index contributed by atoms with van der Waals surface area (Å²) >= 11 is 0. The van der Waals surface area contributed by atoms with Crippen LogP contribution in [0.25, 0.3) is 0 Å². The van der Waals surface area contributed by atoms with Gasteiger partial charge in [-0.15, -0.1) is 0 Å². The molecule has 0 unspecified atom stereocenters. The molecule has 0 saturated heterocycles. The molecular formula is C15H15FN2O. The topological polar surface area (TPSA) is 36.4 Å². The zero-order valence-corrected chi connectivity index (χ0v) is 10.5. The van der Waals surface area contributed by atoms with Gasteiger partial charge >= 0.3 is 0 Å². The predicted molar refractivity (Wildman–Crippen MR) is 71.3 cm³/mol. The summed E-state index contributed by atoms with van der Waals surface area (Å²) in [4.78, 5) is 6.23. The number of aromatic nitrogens is 1. The molecule has 0 amide bonds. The Morgan fingerprint density at radius 2 is 2.05 bits per heavy atom. The minimum absolute atomic E-state index is 0.196. The van der Waals surface area contributed by atoms with E-state index in [1.165, 1.54) is 23.4 Å². The minimum Gasteiger partial charge on any atom is -0.392 e. The van der Waals surface area contributed by atoms with E-state index in [-0.39, 0.29) is 6.61 Å². The van der Waals surface area contributed by atoms with Crippen molar-refractivity contribution in [3.8, 4) is 0 Å². The maximum absolute atomic E-state index is 13.1. The molecule has 0 fully saturated rings. The van der Waals surface area contributed by atoms with Gasteiger partial charge in [0.05, 0.1) is 12.8 Å². The van der Waals surface area contributed by atoms with Crippen LogP contribution in [0.2, 0.25) is 0 Å². The first kappa shape index (κ1) is 12.1. The second-order valence-electron chi connectivity index (χ2n) is 4.73. The number of aliphatic hydroxyl groups excluding tert-OH is 1. The standard InChI is InChI=1S/C15H15FN2O/c16-14-7-13(10-19)15(17-8-14)18-6-5-11-3-1-2-4-12(11)9-18/h1-4,7-8,19H,5-6,9-10H2. The first-order valence-corrected chi connectivity index (χ1v) is 6.35. The van der Waals surface area contributed by atoms with Crippen LogP contribution in [0.4, 0.5) is 10.2 Å². The van der Waals surface area contributed by atoms with Crippen molar-refractivity contribution in [2.45, 2.75) is 19.6 Å². The fourth-order valence-corrected chi connectivity index (χ4v) is 2.55. The van der Waals surface area contributed by atoms with Gasteiger partial charge in [-0.1, -0.05) is 24.3 Å². The van der Waals surface area contributed by atoms with Crippen LogP contribution in [0, 0.1) is 5.82 Å². The molecule has 98 valence electrons. The molecule has 3 nitrogen and oxygen atoms in total. The van der Waals surface area contributed by atoms with Gasteiger partial charge in [0.2, 0.25) is 0 Å². The van der Waals surface area contributed by atoms with Crippen LogP contribution in [-0.2, 0) is 19.6 Å². The van der Waals surface area contributed by atoms with Crippen LogP contribution in [0.3, 0.4) is 0 Å². The summed E-state index contributed by atoms with van der Waals surface area (Å²) in [5.41, 5.74) is 3.16. The van der Waals surface area contributed by atoms with Crippen molar-refractivity contribution in [1.82, 2.24) is 4.98 Å². The lowest BCUT2D eigenvalue weighted by Gasteiger charge is -2.30. The van der Waals surface area contributed by atoms with Crippen molar-refractivity contribution < 1.29 is 9.50 Å². The van der Waals surface area contributed by atoms with E-state index in [0.717, 1.165) is 19.5 Å². The molecule has 4 heteroatoms. The lowest BCUT2D eigenvalue weighted by molar-refractivity contribution is 0.280. The van der Waals surface area contributed by atoms with Gasteiger partial charge in [0.25, 0.3) is 0 Å². The summed E-state index contributed by atoms with van der Waals surface area (Å²) in [6.45, 7) is 1.39. The van der Waals surface area contributed by atoms with Crippen molar-refractivity contribution in [3.63, 3.8) is 0 Å². The fourth-order valence-electron chi connectivity index (χ4n) is 2.55. The summed E-state index contributed by atoms with van der Waals surface area (Å²) in [5.74, 6) is 0.267. The third-order valence-electron chi connectivity index (χ3n) is 3.51. The molecule has 0 radical (unpaired) electrons. The van der Waals surface area contributed by atoms with E-state index in [1.54, 1.807) is 0 Å². The first-order chi connectivity index (χ1) is 9.28. The van der Waals surface area contributed by atoms with Crippen LogP contribution in [0.1, 0.15) is 16.7 Å². The molecule has 1 N–H and O–H groups in total. The Morgan fingerprint density at radius 1 is 1.26 bits per heavy atom. The fraction of sp³-hybridized carbons (Fsp3) is 0.267. The normalized spacial score (nSPS) is 14.3. The van der Waals surface area contributed by atoms with Crippen LogP contribution in [0.5, 0.6) is 0 Å². The molecule has 2 aromatic rings. The second kappa shape index (κ2) is 4.97. The van der Waals surface area contributed by atoms with E-state index in [9.17, 15) is 9.50 Å². The number of rotatable bonds is 2. The average Bonchev–Trinajstić information content (AvgIpc) is 2.46. The number of hydrogen-bond donors (Lipinski definition) is 1. The number of halogens is 1. The molecule has 1 aromatic heterocycles. The van der Waals surface area contributed by atoms with Crippen molar-refractivity contribution in [2.75, 3.05) is 11.4 Å². The maximum Gasteiger partial charge on any atom is 0.142 e. The molecule has 2 heterocycles. The highest BCUT2D eigenvalue weighted by molar-refractivity contribution is 5.49. The van der Waals surface area contributed by atoms with Gasteiger partial charge in [-0.05, 0) is 23.6 Å². The molecule has 0 bridgehead atoms. The number of anilines is 1. The van der Waals surface area contributed by atoms with Gasteiger partial charge in [-0.2, -0.15) is 0 Å². The molecule has 0 atom stereocenters. The summed E-state index contributed by atoms with van der Waals surface area (Å²) in [6, 6.07) is 9.65. The lowest BCUT2D eigenvalue weighted by Crippen LogP contribution is -2.31. The lowest BCUT2D eigenvalue weighted by atomic mass is 9.99. The minimum atomic E-state index is -0.412.